The SMILES string of the molecule is CCCCCNC(=O)c1cccn1CC(=O)O. The Balaban J connectivity index is 2.50. The largest absolute Gasteiger partial charge is 0.480 e. The van der Waals surface area contributed by atoms with Crippen LogP contribution in [0.25, 0.3) is 0 Å². The van der Waals surface area contributed by atoms with Crippen LogP contribution in [-0.2, 0) is 11.3 Å². The highest BCUT2D eigenvalue weighted by Crippen LogP contribution is 2.02. The number of carbonyl (C=O) groups excluding carboxylic acids is 1. The zero-order valence-electron chi connectivity index (χ0n) is 9.98. The van der Waals surface area contributed by atoms with E-state index in [9.17, 15) is 9.59 Å². The number of unbranched alkanes of at least 4 members (excludes halogenated alkanes) is 2. The van der Waals surface area contributed by atoms with Gasteiger partial charge in [0.2, 0.25) is 0 Å². The smallest absolute Gasteiger partial charge is 0.323 e. The molecule has 1 rings (SSSR count). The quantitative estimate of drug-likeness (QED) is 0.707. The lowest BCUT2D eigenvalue weighted by Crippen LogP contribution is -2.27. The monoisotopic (exact) mass is 238 g/mol. The number of hydrogen-bond donors (Lipinski definition) is 2. The van der Waals surface area contributed by atoms with Gasteiger partial charge in [-0.3, -0.25) is 9.59 Å². The van der Waals surface area contributed by atoms with Gasteiger partial charge < -0.3 is 15.0 Å². The van der Waals surface area contributed by atoms with Crippen LogP contribution in [0.3, 0.4) is 0 Å². The van der Waals surface area contributed by atoms with E-state index in [0.29, 0.717) is 12.2 Å². The molecule has 1 heterocycles. The van der Waals surface area contributed by atoms with Gasteiger partial charge in [0.25, 0.3) is 5.91 Å². The van der Waals surface area contributed by atoms with Crippen LogP contribution in [0.5, 0.6) is 0 Å². The van der Waals surface area contributed by atoms with Gasteiger partial charge in [-0.1, -0.05) is 19.8 Å². The number of carboxylic acids is 1. The van der Waals surface area contributed by atoms with Crippen molar-refractivity contribution in [3.8, 4) is 0 Å². The second kappa shape index (κ2) is 6.73. The van der Waals surface area contributed by atoms with Crippen LogP contribution < -0.4 is 5.32 Å². The summed E-state index contributed by atoms with van der Waals surface area (Å²) in [5.41, 5.74) is 0.392. The predicted molar refractivity (Wildman–Crippen MR) is 63.9 cm³/mol. The zero-order valence-corrected chi connectivity index (χ0v) is 9.98. The van der Waals surface area contributed by atoms with E-state index in [4.69, 9.17) is 5.11 Å². The van der Waals surface area contributed by atoms with E-state index in [1.165, 1.54) is 4.57 Å². The summed E-state index contributed by atoms with van der Waals surface area (Å²) in [4.78, 5) is 22.3. The summed E-state index contributed by atoms with van der Waals surface area (Å²) in [6.07, 6.45) is 4.72. The molecule has 0 aliphatic rings. The molecule has 0 aromatic carbocycles. The maximum atomic E-state index is 11.7. The van der Waals surface area contributed by atoms with Gasteiger partial charge in [-0.2, -0.15) is 0 Å². The minimum absolute atomic E-state index is 0.190. The molecule has 0 bridgehead atoms. The Bertz CT molecular complexity index is 385. The van der Waals surface area contributed by atoms with Gasteiger partial charge in [-0.05, 0) is 18.6 Å². The van der Waals surface area contributed by atoms with Crippen LogP contribution in [0.15, 0.2) is 18.3 Å². The zero-order chi connectivity index (χ0) is 12.7. The Morgan fingerprint density at radius 1 is 1.41 bits per heavy atom. The van der Waals surface area contributed by atoms with Crippen LogP contribution in [0.2, 0.25) is 0 Å². The third-order valence-corrected chi connectivity index (χ3v) is 2.43. The minimum atomic E-state index is -0.957. The molecule has 0 saturated heterocycles. The predicted octanol–water partition coefficient (Wildman–Crippen LogP) is 1.49. The second-order valence-corrected chi connectivity index (χ2v) is 3.88. The first-order chi connectivity index (χ1) is 8.15. The van der Waals surface area contributed by atoms with Gasteiger partial charge in [-0.15, -0.1) is 0 Å². The van der Waals surface area contributed by atoms with Crippen molar-refractivity contribution < 1.29 is 14.7 Å². The van der Waals surface area contributed by atoms with E-state index in [1.54, 1.807) is 18.3 Å². The number of nitrogens with zero attached hydrogens (tertiary/aromatic N) is 1. The summed E-state index contributed by atoms with van der Waals surface area (Å²) in [5.74, 6) is -1.17. The number of hydrogen-bond acceptors (Lipinski definition) is 2. The maximum absolute atomic E-state index is 11.7. The molecule has 1 aromatic rings. The molecule has 0 atom stereocenters. The number of carboxylic acid groups (broad SMARTS) is 1. The van der Waals surface area contributed by atoms with Crippen molar-refractivity contribution in [2.24, 2.45) is 0 Å². The van der Waals surface area contributed by atoms with E-state index in [2.05, 4.69) is 12.2 Å². The highest BCUT2D eigenvalue weighted by molar-refractivity contribution is 5.93. The summed E-state index contributed by atoms with van der Waals surface area (Å²) in [5, 5.41) is 11.5. The van der Waals surface area contributed by atoms with E-state index in [1.807, 2.05) is 0 Å². The Kier molecular flexibility index (Phi) is 5.26. The Hall–Kier alpha value is -1.78. The Morgan fingerprint density at radius 2 is 2.18 bits per heavy atom. The highest BCUT2D eigenvalue weighted by atomic mass is 16.4. The van der Waals surface area contributed by atoms with Crippen LogP contribution in [0.1, 0.15) is 36.7 Å². The third kappa shape index (κ3) is 4.30. The first-order valence-electron chi connectivity index (χ1n) is 5.80. The van der Waals surface area contributed by atoms with Crippen LogP contribution >= 0.6 is 0 Å². The number of nitrogens with one attached hydrogen (secondary N) is 1. The van der Waals surface area contributed by atoms with Gasteiger partial charge in [0, 0.05) is 12.7 Å². The minimum Gasteiger partial charge on any atom is -0.480 e. The number of rotatable bonds is 7. The van der Waals surface area contributed by atoms with Gasteiger partial charge in [0.15, 0.2) is 0 Å². The van der Waals surface area contributed by atoms with Crippen molar-refractivity contribution in [3.05, 3.63) is 24.0 Å². The van der Waals surface area contributed by atoms with Crippen molar-refractivity contribution in [2.75, 3.05) is 6.54 Å². The van der Waals surface area contributed by atoms with Gasteiger partial charge >= 0.3 is 5.97 Å². The van der Waals surface area contributed by atoms with Crippen LogP contribution in [0.4, 0.5) is 0 Å². The lowest BCUT2D eigenvalue weighted by Gasteiger charge is -2.07. The number of aromatic nitrogens is 1. The number of aliphatic carboxylic acids is 1. The number of carbonyl (C=O) groups is 2. The molecule has 0 aliphatic carbocycles. The highest BCUT2D eigenvalue weighted by Gasteiger charge is 2.11. The molecule has 0 radical (unpaired) electrons. The molecular formula is C12H18N2O3. The molecule has 94 valence electrons. The third-order valence-electron chi connectivity index (χ3n) is 2.43. The van der Waals surface area contributed by atoms with E-state index in [-0.39, 0.29) is 12.5 Å². The van der Waals surface area contributed by atoms with Crippen molar-refractivity contribution >= 4 is 11.9 Å². The van der Waals surface area contributed by atoms with Crippen LogP contribution in [0, 0.1) is 0 Å². The van der Waals surface area contributed by atoms with Gasteiger partial charge in [-0.25, -0.2) is 0 Å². The summed E-state index contributed by atoms with van der Waals surface area (Å²) >= 11 is 0. The first kappa shape index (κ1) is 13.3. The summed E-state index contributed by atoms with van der Waals surface area (Å²) in [7, 11) is 0. The van der Waals surface area contributed by atoms with Crippen molar-refractivity contribution in [1.29, 1.82) is 0 Å². The topological polar surface area (TPSA) is 71.3 Å². The first-order valence-corrected chi connectivity index (χ1v) is 5.80. The van der Waals surface area contributed by atoms with Crippen LogP contribution in [-0.4, -0.2) is 28.1 Å². The molecule has 2 N–H and O–H groups in total. The molecule has 0 fully saturated rings. The summed E-state index contributed by atoms with van der Waals surface area (Å²) in [6, 6.07) is 3.29. The Morgan fingerprint density at radius 3 is 2.82 bits per heavy atom. The molecule has 0 saturated carbocycles. The fraction of sp³-hybridized carbons (Fsp3) is 0.500. The molecule has 17 heavy (non-hydrogen) atoms. The summed E-state index contributed by atoms with van der Waals surface area (Å²) < 4.78 is 1.43. The fourth-order valence-corrected chi connectivity index (χ4v) is 1.57. The second-order valence-electron chi connectivity index (χ2n) is 3.88. The van der Waals surface area contributed by atoms with Crippen molar-refractivity contribution in [1.82, 2.24) is 9.88 Å². The lowest BCUT2D eigenvalue weighted by molar-refractivity contribution is -0.137. The normalized spacial score (nSPS) is 10.2. The molecule has 0 aliphatic heterocycles. The van der Waals surface area contributed by atoms with Gasteiger partial charge in [0.1, 0.15) is 12.2 Å². The molecule has 1 aromatic heterocycles. The molecule has 5 nitrogen and oxygen atoms in total. The Labute approximate surface area is 100 Å². The molecule has 0 spiro atoms. The standard InChI is InChI=1S/C12H18N2O3/c1-2-3-4-7-13-12(17)10-6-5-8-14(10)9-11(15)16/h5-6,8H,2-4,7,9H2,1H3,(H,13,17)(H,15,16). The molecule has 5 heteroatoms. The van der Waals surface area contributed by atoms with Crippen molar-refractivity contribution in [3.63, 3.8) is 0 Å². The van der Waals surface area contributed by atoms with E-state index >= 15 is 0 Å². The molecule has 1 amide bonds. The fourth-order valence-electron chi connectivity index (χ4n) is 1.57. The maximum Gasteiger partial charge on any atom is 0.323 e. The van der Waals surface area contributed by atoms with Gasteiger partial charge in [0.05, 0.1) is 0 Å². The van der Waals surface area contributed by atoms with Crippen molar-refractivity contribution in [2.45, 2.75) is 32.7 Å². The van der Waals surface area contributed by atoms with E-state index < -0.39 is 5.97 Å². The lowest BCUT2D eigenvalue weighted by atomic mass is 10.2. The molecule has 0 unspecified atom stereocenters. The average molecular weight is 238 g/mol. The number of amides is 1. The average Bonchev–Trinajstić information content (AvgIpc) is 2.71. The summed E-state index contributed by atoms with van der Waals surface area (Å²) in [6.45, 7) is 2.54. The van der Waals surface area contributed by atoms with E-state index in [0.717, 1.165) is 19.3 Å². The molecular weight excluding hydrogens is 220 g/mol.